The van der Waals surface area contributed by atoms with Gasteiger partial charge >= 0.3 is 0 Å². The number of hydrogen-bond donors (Lipinski definition) is 1. The van der Waals surface area contributed by atoms with Gasteiger partial charge in [-0.05, 0) is 35.4 Å². The topological polar surface area (TPSA) is 35.2 Å². The van der Waals surface area contributed by atoms with E-state index in [1.807, 2.05) is 0 Å². The fourth-order valence-corrected chi connectivity index (χ4v) is 2.76. The normalized spacial score (nSPS) is 29.7. The molecule has 1 aliphatic heterocycles. The summed E-state index contributed by atoms with van der Waals surface area (Å²) in [5, 5.41) is 0. The van der Waals surface area contributed by atoms with E-state index in [-0.39, 0.29) is 5.54 Å². The van der Waals surface area contributed by atoms with E-state index in [1.165, 1.54) is 11.1 Å². The maximum Gasteiger partial charge on any atom is 0.122 e. The molecule has 1 unspecified atom stereocenters. The van der Waals surface area contributed by atoms with Gasteiger partial charge in [0.1, 0.15) is 5.75 Å². The van der Waals surface area contributed by atoms with Crippen LogP contribution in [0.2, 0.25) is 0 Å². The van der Waals surface area contributed by atoms with Crippen molar-refractivity contribution < 1.29 is 4.74 Å². The Morgan fingerprint density at radius 3 is 2.81 bits per heavy atom. The predicted molar refractivity (Wildman–Crippen MR) is 64.7 cm³/mol. The molecule has 0 bridgehead atoms. The Labute approximate surface area is 96.8 Å². The molecule has 1 atom stereocenters. The number of fused-ring (bicyclic) bond motifs is 1. The van der Waals surface area contributed by atoms with Crippen molar-refractivity contribution in [3.63, 3.8) is 0 Å². The summed E-state index contributed by atoms with van der Waals surface area (Å²) in [6, 6.07) is 6.52. The molecule has 2 N–H and O–H groups in total. The first-order chi connectivity index (χ1) is 7.50. The summed E-state index contributed by atoms with van der Waals surface area (Å²) in [7, 11) is 0. The molecule has 0 amide bonds. The van der Waals surface area contributed by atoms with Gasteiger partial charge < -0.3 is 10.5 Å². The van der Waals surface area contributed by atoms with E-state index < -0.39 is 0 Å². The Hall–Kier alpha value is -1.02. The second-order valence-corrected chi connectivity index (χ2v) is 5.93. The lowest BCUT2D eigenvalue weighted by Gasteiger charge is -2.15. The Morgan fingerprint density at radius 1 is 1.38 bits per heavy atom. The summed E-state index contributed by atoms with van der Waals surface area (Å²) in [5.41, 5.74) is 9.40. The summed E-state index contributed by atoms with van der Waals surface area (Å²) in [6.07, 6.45) is 3.17. The van der Waals surface area contributed by atoms with Gasteiger partial charge in [-0.25, -0.2) is 0 Å². The first kappa shape index (κ1) is 10.2. The van der Waals surface area contributed by atoms with Crippen LogP contribution in [0.3, 0.4) is 0 Å². The molecule has 2 aliphatic rings. The van der Waals surface area contributed by atoms with Gasteiger partial charge in [0.05, 0.1) is 6.61 Å². The molecule has 0 spiro atoms. The second kappa shape index (κ2) is 3.01. The maximum atomic E-state index is 6.37. The molecule has 1 aromatic carbocycles. The predicted octanol–water partition coefficient (Wildman–Crippen LogP) is 2.29. The summed E-state index contributed by atoms with van der Waals surface area (Å²) in [4.78, 5) is 0. The molecule has 1 aromatic rings. The van der Waals surface area contributed by atoms with Crippen LogP contribution < -0.4 is 10.5 Å². The Morgan fingerprint density at radius 2 is 2.12 bits per heavy atom. The van der Waals surface area contributed by atoms with Gasteiger partial charge in [-0.1, -0.05) is 26.0 Å². The molecule has 16 heavy (non-hydrogen) atoms. The van der Waals surface area contributed by atoms with Crippen molar-refractivity contribution in [2.45, 2.75) is 38.6 Å². The SMILES string of the molecule is CC1(C)CC1(N)Cc1ccc2c(c1)CCO2. The molecule has 2 heteroatoms. The van der Waals surface area contributed by atoms with Gasteiger partial charge in [-0.15, -0.1) is 0 Å². The standard InChI is InChI=1S/C14H19NO/c1-13(2)9-14(13,15)8-10-3-4-12-11(7-10)5-6-16-12/h3-4,7H,5-6,8-9,15H2,1-2H3. The first-order valence-corrected chi connectivity index (χ1v) is 6.04. The molecule has 0 saturated heterocycles. The van der Waals surface area contributed by atoms with Crippen molar-refractivity contribution in [3.05, 3.63) is 29.3 Å². The third-order valence-corrected chi connectivity index (χ3v) is 4.25. The minimum atomic E-state index is 0.0146. The van der Waals surface area contributed by atoms with Crippen LogP contribution in [-0.2, 0) is 12.8 Å². The molecule has 86 valence electrons. The highest BCUT2D eigenvalue weighted by atomic mass is 16.5. The molecule has 3 rings (SSSR count). The zero-order valence-corrected chi connectivity index (χ0v) is 10.0. The number of benzene rings is 1. The first-order valence-electron chi connectivity index (χ1n) is 6.04. The zero-order valence-electron chi connectivity index (χ0n) is 10.0. The second-order valence-electron chi connectivity index (χ2n) is 5.93. The summed E-state index contributed by atoms with van der Waals surface area (Å²) >= 11 is 0. The Bertz CT molecular complexity index is 438. The fourth-order valence-electron chi connectivity index (χ4n) is 2.76. The molecule has 1 aliphatic carbocycles. The molecule has 2 nitrogen and oxygen atoms in total. The molecule has 0 radical (unpaired) electrons. The smallest absolute Gasteiger partial charge is 0.122 e. The van der Waals surface area contributed by atoms with Gasteiger partial charge in [0.25, 0.3) is 0 Å². The molecule has 1 saturated carbocycles. The van der Waals surface area contributed by atoms with Crippen molar-refractivity contribution in [2.24, 2.45) is 11.1 Å². The van der Waals surface area contributed by atoms with Crippen LogP contribution in [0.5, 0.6) is 5.75 Å². The number of nitrogens with two attached hydrogens (primary N) is 1. The van der Waals surface area contributed by atoms with E-state index in [2.05, 4.69) is 32.0 Å². The zero-order chi connectivity index (χ0) is 11.4. The van der Waals surface area contributed by atoms with E-state index in [9.17, 15) is 0 Å². The van der Waals surface area contributed by atoms with Crippen molar-refractivity contribution in [3.8, 4) is 5.75 Å². The third-order valence-electron chi connectivity index (χ3n) is 4.25. The van der Waals surface area contributed by atoms with Crippen molar-refractivity contribution >= 4 is 0 Å². The quantitative estimate of drug-likeness (QED) is 0.825. The van der Waals surface area contributed by atoms with E-state index >= 15 is 0 Å². The molecule has 0 aromatic heterocycles. The minimum Gasteiger partial charge on any atom is -0.493 e. The van der Waals surface area contributed by atoms with E-state index in [1.54, 1.807) is 0 Å². The highest BCUT2D eigenvalue weighted by Gasteiger charge is 2.57. The van der Waals surface area contributed by atoms with Gasteiger partial charge in [0.2, 0.25) is 0 Å². The third kappa shape index (κ3) is 1.44. The fraction of sp³-hybridized carbons (Fsp3) is 0.571. The van der Waals surface area contributed by atoms with Crippen LogP contribution in [0.25, 0.3) is 0 Å². The van der Waals surface area contributed by atoms with Gasteiger partial charge in [0.15, 0.2) is 0 Å². The summed E-state index contributed by atoms with van der Waals surface area (Å²) in [5.74, 6) is 1.06. The van der Waals surface area contributed by atoms with Crippen LogP contribution in [-0.4, -0.2) is 12.1 Å². The van der Waals surface area contributed by atoms with Crippen molar-refractivity contribution in [1.29, 1.82) is 0 Å². The average Bonchev–Trinajstić information content (AvgIpc) is 2.61. The van der Waals surface area contributed by atoms with E-state index in [4.69, 9.17) is 10.5 Å². The maximum absolute atomic E-state index is 6.37. The van der Waals surface area contributed by atoms with Crippen LogP contribution in [0.1, 0.15) is 31.4 Å². The van der Waals surface area contributed by atoms with Crippen molar-refractivity contribution in [2.75, 3.05) is 6.61 Å². The molecule has 1 heterocycles. The summed E-state index contributed by atoms with van der Waals surface area (Å²) < 4.78 is 5.51. The number of rotatable bonds is 2. The average molecular weight is 217 g/mol. The highest BCUT2D eigenvalue weighted by molar-refractivity contribution is 5.41. The van der Waals surface area contributed by atoms with Gasteiger partial charge in [-0.2, -0.15) is 0 Å². The molecule has 1 fully saturated rings. The van der Waals surface area contributed by atoms with Gasteiger partial charge in [0, 0.05) is 12.0 Å². The van der Waals surface area contributed by atoms with E-state index in [0.29, 0.717) is 5.41 Å². The van der Waals surface area contributed by atoms with Crippen molar-refractivity contribution in [1.82, 2.24) is 0 Å². The monoisotopic (exact) mass is 217 g/mol. The number of ether oxygens (including phenoxy) is 1. The Balaban J connectivity index is 1.82. The number of hydrogen-bond acceptors (Lipinski definition) is 2. The minimum absolute atomic E-state index is 0.0146. The largest absolute Gasteiger partial charge is 0.493 e. The van der Waals surface area contributed by atoms with Crippen LogP contribution in [0.4, 0.5) is 0 Å². The molecular weight excluding hydrogens is 198 g/mol. The van der Waals surface area contributed by atoms with Crippen LogP contribution >= 0.6 is 0 Å². The van der Waals surface area contributed by atoms with Gasteiger partial charge in [-0.3, -0.25) is 0 Å². The lowest BCUT2D eigenvalue weighted by Crippen LogP contribution is -2.30. The highest BCUT2D eigenvalue weighted by Crippen LogP contribution is 2.55. The van der Waals surface area contributed by atoms with E-state index in [0.717, 1.165) is 31.6 Å². The summed E-state index contributed by atoms with van der Waals surface area (Å²) in [6.45, 7) is 5.34. The lowest BCUT2D eigenvalue weighted by atomic mass is 9.96. The lowest BCUT2D eigenvalue weighted by molar-refractivity contribution is 0.357. The van der Waals surface area contributed by atoms with Crippen LogP contribution in [0.15, 0.2) is 18.2 Å². The Kier molecular flexibility index (Phi) is 1.91. The van der Waals surface area contributed by atoms with Crippen LogP contribution in [0, 0.1) is 5.41 Å². The molecular formula is C14H19NO.